The molecule has 0 aliphatic carbocycles. The average Bonchev–Trinajstić information content (AvgIpc) is 2.61. The van der Waals surface area contributed by atoms with E-state index in [0.29, 0.717) is 6.04 Å². The fourth-order valence-corrected chi connectivity index (χ4v) is 1.92. The molecule has 0 unspecified atom stereocenters. The summed E-state index contributed by atoms with van der Waals surface area (Å²) in [5, 5.41) is 7.64. The Kier molecular flexibility index (Phi) is 4.82. The summed E-state index contributed by atoms with van der Waals surface area (Å²) in [5.74, 6) is 0. The van der Waals surface area contributed by atoms with Crippen LogP contribution in [-0.2, 0) is 12.8 Å². The molecule has 0 fully saturated rings. The van der Waals surface area contributed by atoms with Gasteiger partial charge in [0.05, 0.1) is 6.20 Å². The first-order valence-electron chi connectivity index (χ1n) is 5.90. The number of nitrogens with zero attached hydrogens (tertiary/aromatic N) is 2. The second kappa shape index (κ2) is 5.91. The normalized spacial score (nSPS) is 11.3. The minimum Gasteiger partial charge on any atom is -0.320 e. The Hall–Kier alpha value is -0.830. The zero-order valence-electron chi connectivity index (χ0n) is 10.4. The Morgan fingerprint density at radius 1 is 1.47 bits per heavy atom. The van der Waals surface area contributed by atoms with Crippen molar-refractivity contribution < 1.29 is 0 Å². The Morgan fingerprint density at radius 2 is 2.20 bits per heavy atom. The first-order chi connectivity index (χ1) is 7.20. The molecular weight excluding hydrogens is 186 g/mol. The van der Waals surface area contributed by atoms with Gasteiger partial charge in [0.2, 0.25) is 0 Å². The molecule has 3 nitrogen and oxygen atoms in total. The number of aromatic nitrogens is 2. The van der Waals surface area contributed by atoms with Crippen LogP contribution in [0, 0.1) is 0 Å². The van der Waals surface area contributed by atoms with Gasteiger partial charge in [0.15, 0.2) is 0 Å². The summed E-state index contributed by atoms with van der Waals surface area (Å²) < 4.78 is 2.15. The third-order valence-corrected chi connectivity index (χ3v) is 2.68. The lowest BCUT2D eigenvalue weighted by atomic mass is 10.1. The molecule has 0 amide bonds. The van der Waals surface area contributed by atoms with Crippen LogP contribution in [0.2, 0.25) is 0 Å². The van der Waals surface area contributed by atoms with Crippen LogP contribution >= 0.6 is 0 Å². The second-order valence-corrected chi connectivity index (χ2v) is 4.22. The lowest BCUT2D eigenvalue weighted by Crippen LogP contribution is -2.10. The van der Waals surface area contributed by atoms with E-state index < -0.39 is 0 Å². The van der Waals surface area contributed by atoms with Crippen molar-refractivity contribution in [3.63, 3.8) is 0 Å². The lowest BCUT2D eigenvalue weighted by molar-refractivity contribution is 0.510. The Bertz CT molecular complexity index is 289. The molecule has 0 saturated carbocycles. The summed E-state index contributed by atoms with van der Waals surface area (Å²) in [7, 11) is 2.00. The zero-order chi connectivity index (χ0) is 11.3. The minimum atomic E-state index is 0.470. The van der Waals surface area contributed by atoms with Gasteiger partial charge in [-0.2, -0.15) is 5.10 Å². The molecule has 1 heterocycles. The molecule has 1 N–H and O–H groups in total. The fourth-order valence-electron chi connectivity index (χ4n) is 1.92. The summed E-state index contributed by atoms with van der Waals surface area (Å²) in [6.45, 7) is 7.65. The van der Waals surface area contributed by atoms with Gasteiger partial charge in [-0.1, -0.05) is 6.92 Å². The van der Waals surface area contributed by atoms with Crippen molar-refractivity contribution in [3.05, 3.63) is 17.5 Å². The van der Waals surface area contributed by atoms with Crippen LogP contribution in [0.25, 0.3) is 0 Å². The van der Waals surface area contributed by atoms with Crippen LogP contribution < -0.4 is 5.32 Å². The van der Waals surface area contributed by atoms with Crippen molar-refractivity contribution in [2.45, 2.75) is 46.1 Å². The standard InChI is InChI=1S/C12H23N3/c1-5-12-11(7-6-8-13-4)9-14-15(12)10(2)3/h9-10,13H,5-8H2,1-4H3. The SMILES string of the molecule is CCc1c(CCCNC)cnn1C(C)C. The third kappa shape index (κ3) is 3.06. The highest BCUT2D eigenvalue weighted by Crippen LogP contribution is 2.15. The molecule has 0 atom stereocenters. The second-order valence-electron chi connectivity index (χ2n) is 4.22. The first kappa shape index (κ1) is 12.2. The Balaban J connectivity index is 2.71. The molecule has 3 heteroatoms. The van der Waals surface area contributed by atoms with E-state index in [1.165, 1.54) is 17.7 Å². The first-order valence-corrected chi connectivity index (χ1v) is 5.90. The van der Waals surface area contributed by atoms with Gasteiger partial charge in [-0.25, -0.2) is 0 Å². The van der Waals surface area contributed by atoms with E-state index in [1.807, 2.05) is 13.2 Å². The number of hydrogen-bond donors (Lipinski definition) is 1. The van der Waals surface area contributed by atoms with Crippen molar-refractivity contribution in [1.82, 2.24) is 15.1 Å². The highest BCUT2D eigenvalue weighted by atomic mass is 15.3. The van der Waals surface area contributed by atoms with Crippen LogP contribution in [0.1, 0.15) is 44.5 Å². The molecule has 1 aromatic heterocycles. The molecule has 0 bridgehead atoms. The van der Waals surface area contributed by atoms with E-state index in [9.17, 15) is 0 Å². The third-order valence-electron chi connectivity index (χ3n) is 2.68. The van der Waals surface area contributed by atoms with E-state index in [1.54, 1.807) is 0 Å². The zero-order valence-corrected chi connectivity index (χ0v) is 10.4. The molecule has 1 rings (SSSR count). The quantitative estimate of drug-likeness (QED) is 0.728. The Morgan fingerprint density at radius 3 is 2.73 bits per heavy atom. The molecule has 15 heavy (non-hydrogen) atoms. The predicted octanol–water partition coefficient (Wildman–Crippen LogP) is 2.18. The van der Waals surface area contributed by atoms with Gasteiger partial charge in [0, 0.05) is 11.7 Å². The van der Waals surface area contributed by atoms with Gasteiger partial charge in [-0.15, -0.1) is 0 Å². The maximum absolute atomic E-state index is 4.46. The van der Waals surface area contributed by atoms with Crippen LogP contribution in [0.3, 0.4) is 0 Å². The summed E-state index contributed by atoms with van der Waals surface area (Å²) in [4.78, 5) is 0. The molecule has 0 aromatic carbocycles. The molecule has 0 aliphatic rings. The van der Waals surface area contributed by atoms with Crippen molar-refractivity contribution in [2.75, 3.05) is 13.6 Å². The summed E-state index contributed by atoms with van der Waals surface area (Å²) in [6.07, 6.45) is 5.44. The monoisotopic (exact) mass is 209 g/mol. The van der Waals surface area contributed by atoms with E-state index in [4.69, 9.17) is 0 Å². The van der Waals surface area contributed by atoms with Crippen LogP contribution in [0.4, 0.5) is 0 Å². The number of nitrogens with one attached hydrogen (secondary N) is 1. The molecular formula is C12H23N3. The van der Waals surface area contributed by atoms with Crippen LogP contribution in [0.15, 0.2) is 6.20 Å². The van der Waals surface area contributed by atoms with Crippen LogP contribution in [0.5, 0.6) is 0 Å². The molecule has 86 valence electrons. The smallest absolute Gasteiger partial charge is 0.0524 e. The number of aryl methyl sites for hydroxylation is 1. The summed E-state index contributed by atoms with van der Waals surface area (Å²) in [5.41, 5.74) is 2.82. The fraction of sp³-hybridized carbons (Fsp3) is 0.750. The minimum absolute atomic E-state index is 0.470. The average molecular weight is 209 g/mol. The van der Waals surface area contributed by atoms with Crippen molar-refractivity contribution in [1.29, 1.82) is 0 Å². The highest BCUT2D eigenvalue weighted by Gasteiger charge is 2.10. The van der Waals surface area contributed by atoms with Gasteiger partial charge in [-0.3, -0.25) is 4.68 Å². The van der Waals surface area contributed by atoms with E-state index in [2.05, 4.69) is 35.9 Å². The number of hydrogen-bond acceptors (Lipinski definition) is 2. The highest BCUT2D eigenvalue weighted by molar-refractivity contribution is 5.18. The van der Waals surface area contributed by atoms with E-state index in [0.717, 1.165) is 19.4 Å². The maximum Gasteiger partial charge on any atom is 0.0524 e. The van der Waals surface area contributed by atoms with Gasteiger partial charge in [0.1, 0.15) is 0 Å². The Labute approximate surface area is 92.9 Å². The van der Waals surface area contributed by atoms with Gasteiger partial charge in [0.25, 0.3) is 0 Å². The van der Waals surface area contributed by atoms with Crippen LogP contribution in [-0.4, -0.2) is 23.4 Å². The molecule has 1 aromatic rings. The topological polar surface area (TPSA) is 29.9 Å². The summed E-state index contributed by atoms with van der Waals surface area (Å²) >= 11 is 0. The van der Waals surface area contributed by atoms with Crippen molar-refractivity contribution >= 4 is 0 Å². The number of rotatable bonds is 6. The van der Waals surface area contributed by atoms with E-state index in [-0.39, 0.29) is 0 Å². The van der Waals surface area contributed by atoms with Crippen molar-refractivity contribution in [2.24, 2.45) is 0 Å². The summed E-state index contributed by atoms with van der Waals surface area (Å²) in [6, 6.07) is 0.470. The predicted molar refractivity (Wildman–Crippen MR) is 64.2 cm³/mol. The molecule has 0 saturated heterocycles. The maximum atomic E-state index is 4.46. The largest absolute Gasteiger partial charge is 0.320 e. The van der Waals surface area contributed by atoms with E-state index >= 15 is 0 Å². The lowest BCUT2D eigenvalue weighted by Gasteiger charge is -2.11. The van der Waals surface area contributed by atoms with Crippen molar-refractivity contribution in [3.8, 4) is 0 Å². The molecule has 0 radical (unpaired) electrons. The molecule has 0 aliphatic heterocycles. The molecule has 0 spiro atoms. The van der Waals surface area contributed by atoms with Gasteiger partial charge in [-0.05, 0) is 52.3 Å². The van der Waals surface area contributed by atoms with Gasteiger partial charge < -0.3 is 5.32 Å². The van der Waals surface area contributed by atoms with Gasteiger partial charge >= 0.3 is 0 Å².